The molecule has 0 aliphatic heterocycles. The molecule has 15 heavy (non-hydrogen) atoms. The Labute approximate surface area is 94.6 Å². The van der Waals surface area contributed by atoms with Gasteiger partial charge in [-0.3, -0.25) is 0 Å². The van der Waals surface area contributed by atoms with E-state index in [1.165, 1.54) is 32.4 Å². The van der Waals surface area contributed by atoms with E-state index in [0.29, 0.717) is 11.5 Å². The van der Waals surface area contributed by atoms with Crippen LogP contribution < -0.4 is 9.47 Å². The van der Waals surface area contributed by atoms with E-state index in [1.807, 2.05) is 0 Å². The smallest absolute Gasteiger partial charge is 0.201 e. The summed E-state index contributed by atoms with van der Waals surface area (Å²) in [5.74, 6) is -0.168. The molecule has 0 aliphatic carbocycles. The summed E-state index contributed by atoms with van der Waals surface area (Å²) in [4.78, 5) is 0. The van der Waals surface area contributed by atoms with Crippen LogP contribution in [0.4, 0.5) is 8.78 Å². The Balaban J connectivity index is 3.20. The van der Waals surface area contributed by atoms with Crippen molar-refractivity contribution in [3.8, 4) is 11.5 Å². The molecule has 0 saturated heterocycles. The number of benzene rings is 1. The lowest BCUT2D eigenvalue weighted by molar-refractivity contribution is 0.355. The number of ether oxygens (including phenoxy) is 2. The summed E-state index contributed by atoms with van der Waals surface area (Å²) in [6.45, 7) is 0. The average molecular weight is 279 g/mol. The molecule has 0 spiro atoms. The molecule has 0 radical (unpaired) electrons. The zero-order valence-corrected chi connectivity index (χ0v) is 9.77. The molecule has 0 aromatic heterocycles. The summed E-state index contributed by atoms with van der Waals surface area (Å²) in [5, 5.41) is 0. The molecule has 0 fully saturated rings. The predicted octanol–water partition coefficient (Wildman–Crippen LogP) is 3.66. The summed E-state index contributed by atoms with van der Waals surface area (Å²) in [7, 11) is 2.89. The van der Waals surface area contributed by atoms with Crippen molar-refractivity contribution in [3.63, 3.8) is 0 Å². The summed E-state index contributed by atoms with van der Waals surface area (Å²) in [5.41, 5.74) is 0.0852. The van der Waals surface area contributed by atoms with Crippen LogP contribution in [0.15, 0.2) is 22.9 Å². The van der Waals surface area contributed by atoms with E-state index >= 15 is 0 Å². The van der Waals surface area contributed by atoms with E-state index in [9.17, 15) is 8.78 Å². The summed E-state index contributed by atoms with van der Waals surface area (Å²) < 4.78 is 34.6. The van der Waals surface area contributed by atoms with E-state index in [2.05, 4.69) is 15.9 Å². The first-order valence-corrected chi connectivity index (χ1v) is 4.82. The number of rotatable bonds is 3. The van der Waals surface area contributed by atoms with E-state index in [4.69, 9.17) is 9.47 Å². The molecule has 0 bridgehead atoms. The number of hydrogen-bond donors (Lipinski definition) is 0. The van der Waals surface area contributed by atoms with Crippen LogP contribution in [0.5, 0.6) is 11.5 Å². The standard InChI is InChI=1S/C10H9BrF2O2/c1-14-7-4-3-6(5-8(7)15-2)9(12)10(11)13/h3-5H,1-2H3/b10-9-. The maximum atomic E-state index is 13.2. The van der Waals surface area contributed by atoms with Crippen LogP contribution in [0.1, 0.15) is 5.56 Å². The van der Waals surface area contributed by atoms with Crippen molar-refractivity contribution in [3.05, 3.63) is 28.5 Å². The molecule has 0 unspecified atom stereocenters. The second-order valence-corrected chi connectivity index (χ2v) is 3.34. The largest absolute Gasteiger partial charge is 0.493 e. The van der Waals surface area contributed by atoms with Crippen LogP contribution >= 0.6 is 15.9 Å². The van der Waals surface area contributed by atoms with Crippen molar-refractivity contribution >= 4 is 21.8 Å². The van der Waals surface area contributed by atoms with Crippen LogP contribution in [0, 0.1) is 0 Å². The Hall–Kier alpha value is -1.10. The number of hydrogen-bond acceptors (Lipinski definition) is 2. The van der Waals surface area contributed by atoms with Gasteiger partial charge in [-0.25, -0.2) is 4.39 Å². The van der Waals surface area contributed by atoms with Gasteiger partial charge in [0.2, 0.25) is 4.74 Å². The van der Waals surface area contributed by atoms with Crippen molar-refractivity contribution < 1.29 is 18.3 Å². The molecular formula is C10H9BrF2O2. The molecule has 82 valence electrons. The Kier molecular flexibility index (Phi) is 4.08. The third-order valence-electron chi connectivity index (χ3n) is 1.80. The Morgan fingerprint density at radius 3 is 2.20 bits per heavy atom. The van der Waals surface area contributed by atoms with Crippen molar-refractivity contribution in [2.75, 3.05) is 14.2 Å². The summed E-state index contributed by atoms with van der Waals surface area (Å²) in [6, 6.07) is 4.26. The molecule has 1 rings (SSSR count). The Morgan fingerprint density at radius 1 is 1.13 bits per heavy atom. The second kappa shape index (κ2) is 5.11. The summed E-state index contributed by atoms with van der Waals surface area (Å²) >= 11 is 2.42. The Morgan fingerprint density at radius 2 is 1.73 bits per heavy atom. The van der Waals surface area contributed by atoms with Gasteiger partial charge in [-0.1, -0.05) is 0 Å². The predicted molar refractivity (Wildman–Crippen MR) is 57.6 cm³/mol. The van der Waals surface area contributed by atoms with Crippen LogP contribution in [0.2, 0.25) is 0 Å². The second-order valence-electron chi connectivity index (χ2n) is 2.64. The fraction of sp³-hybridized carbons (Fsp3) is 0.200. The van der Waals surface area contributed by atoms with Gasteiger partial charge >= 0.3 is 0 Å². The monoisotopic (exact) mass is 278 g/mol. The van der Waals surface area contributed by atoms with Gasteiger partial charge in [-0.2, -0.15) is 4.39 Å². The SMILES string of the molecule is COc1ccc(/C(F)=C(/F)Br)cc1OC. The van der Waals surface area contributed by atoms with E-state index in [1.54, 1.807) is 0 Å². The molecular weight excluding hydrogens is 270 g/mol. The third-order valence-corrected chi connectivity index (χ3v) is 2.15. The molecule has 0 amide bonds. The fourth-order valence-electron chi connectivity index (χ4n) is 1.08. The fourth-order valence-corrected chi connectivity index (χ4v) is 1.31. The molecule has 5 heteroatoms. The van der Waals surface area contributed by atoms with Gasteiger partial charge in [-0.15, -0.1) is 0 Å². The lowest BCUT2D eigenvalue weighted by atomic mass is 10.2. The van der Waals surface area contributed by atoms with E-state index in [-0.39, 0.29) is 5.56 Å². The van der Waals surface area contributed by atoms with Crippen LogP contribution in [0.25, 0.3) is 5.83 Å². The van der Waals surface area contributed by atoms with Crippen molar-refractivity contribution in [1.29, 1.82) is 0 Å². The highest BCUT2D eigenvalue weighted by atomic mass is 79.9. The van der Waals surface area contributed by atoms with Gasteiger partial charge in [0.15, 0.2) is 17.3 Å². The van der Waals surface area contributed by atoms with Crippen molar-refractivity contribution in [1.82, 2.24) is 0 Å². The van der Waals surface area contributed by atoms with Crippen molar-refractivity contribution in [2.45, 2.75) is 0 Å². The van der Waals surface area contributed by atoms with Gasteiger partial charge in [0.05, 0.1) is 14.2 Å². The minimum atomic E-state index is -1.05. The Bertz CT molecular complexity index is 387. The van der Waals surface area contributed by atoms with Gasteiger partial charge in [0.1, 0.15) is 0 Å². The quantitative estimate of drug-likeness (QED) is 0.840. The zero-order chi connectivity index (χ0) is 11.4. The van der Waals surface area contributed by atoms with Gasteiger partial charge in [0.25, 0.3) is 0 Å². The molecule has 0 saturated carbocycles. The molecule has 0 heterocycles. The van der Waals surface area contributed by atoms with Crippen LogP contribution in [-0.2, 0) is 0 Å². The minimum Gasteiger partial charge on any atom is -0.493 e. The molecule has 0 N–H and O–H groups in total. The molecule has 1 aromatic rings. The van der Waals surface area contributed by atoms with Crippen LogP contribution in [0.3, 0.4) is 0 Å². The summed E-state index contributed by atoms with van der Waals surface area (Å²) in [6.07, 6.45) is 0. The van der Waals surface area contributed by atoms with Crippen molar-refractivity contribution in [2.24, 2.45) is 0 Å². The number of halogens is 3. The normalized spacial score (nSPS) is 12.1. The zero-order valence-electron chi connectivity index (χ0n) is 8.18. The van der Waals surface area contributed by atoms with Crippen LogP contribution in [-0.4, -0.2) is 14.2 Å². The first-order chi connectivity index (χ1) is 7.10. The highest BCUT2D eigenvalue weighted by molar-refractivity contribution is 9.11. The topological polar surface area (TPSA) is 18.5 Å². The van der Waals surface area contributed by atoms with E-state index < -0.39 is 10.6 Å². The molecule has 2 nitrogen and oxygen atoms in total. The minimum absolute atomic E-state index is 0.0852. The average Bonchev–Trinajstić information content (AvgIpc) is 2.26. The lowest BCUT2D eigenvalue weighted by Crippen LogP contribution is -1.91. The lowest BCUT2D eigenvalue weighted by Gasteiger charge is -2.08. The first-order valence-electron chi connectivity index (χ1n) is 4.03. The first kappa shape index (κ1) is 12.0. The highest BCUT2D eigenvalue weighted by Gasteiger charge is 2.10. The van der Waals surface area contributed by atoms with Gasteiger partial charge < -0.3 is 9.47 Å². The third kappa shape index (κ3) is 2.68. The maximum absolute atomic E-state index is 13.2. The van der Waals surface area contributed by atoms with Gasteiger partial charge in [0, 0.05) is 5.56 Å². The molecule has 0 aliphatic rings. The van der Waals surface area contributed by atoms with E-state index in [0.717, 1.165) is 0 Å². The molecule has 1 aromatic carbocycles. The maximum Gasteiger partial charge on any atom is 0.201 e. The molecule has 0 atom stereocenters. The number of methoxy groups -OCH3 is 2. The van der Waals surface area contributed by atoms with Gasteiger partial charge in [-0.05, 0) is 34.1 Å². The highest BCUT2D eigenvalue weighted by Crippen LogP contribution is 2.33.